The zero-order valence-electron chi connectivity index (χ0n) is 13.3. The Kier molecular flexibility index (Phi) is 6.39. The first-order chi connectivity index (χ1) is 9.94. The van der Waals surface area contributed by atoms with Crippen molar-refractivity contribution in [1.29, 1.82) is 0 Å². The van der Waals surface area contributed by atoms with Crippen molar-refractivity contribution < 1.29 is 14.7 Å². The third-order valence-corrected chi connectivity index (χ3v) is 3.53. The fourth-order valence-electron chi connectivity index (χ4n) is 2.58. The van der Waals surface area contributed by atoms with Crippen molar-refractivity contribution >= 4 is 11.9 Å². The van der Waals surface area contributed by atoms with Crippen LogP contribution >= 0.6 is 0 Å². The van der Waals surface area contributed by atoms with E-state index in [1.807, 2.05) is 32.5 Å². The smallest absolute Gasteiger partial charge is 0.323 e. The van der Waals surface area contributed by atoms with Gasteiger partial charge in [-0.15, -0.1) is 0 Å². The number of carboxylic acids is 1. The molecular weight excluding hydrogens is 270 g/mol. The van der Waals surface area contributed by atoms with Gasteiger partial charge in [0.15, 0.2) is 0 Å². The molecule has 0 aliphatic rings. The molecule has 0 aliphatic carbocycles. The summed E-state index contributed by atoms with van der Waals surface area (Å²) in [7, 11) is 1.88. The van der Waals surface area contributed by atoms with Crippen LogP contribution in [0.1, 0.15) is 44.1 Å². The monoisotopic (exact) mass is 295 g/mol. The Morgan fingerprint density at radius 1 is 1.24 bits per heavy atom. The van der Waals surface area contributed by atoms with Gasteiger partial charge < -0.3 is 10.0 Å². The highest BCUT2D eigenvalue weighted by Crippen LogP contribution is 2.17. The SMILES string of the molecule is CCCN(CC(=O)O)C(=O)Cc1c(CC)nn(C)c1CC. The number of aliphatic carboxylic acids is 1. The Morgan fingerprint density at radius 3 is 2.38 bits per heavy atom. The van der Waals surface area contributed by atoms with Gasteiger partial charge in [-0.05, 0) is 19.3 Å². The number of carboxylic acid groups (broad SMARTS) is 1. The predicted molar refractivity (Wildman–Crippen MR) is 80.2 cm³/mol. The number of nitrogens with zero attached hydrogens (tertiary/aromatic N) is 3. The summed E-state index contributed by atoms with van der Waals surface area (Å²) in [5, 5.41) is 13.4. The minimum absolute atomic E-state index is 0.142. The maximum atomic E-state index is 12.4. The summed E-state index contributed by atoms with van der Waals surface area (Å²) in [6.45, 7) is 6.20. The standard InChI is InChI=1S/C15H25N3O3/c1-5-8-18(10-15(20)21)14(19)9-11-12(6-2)16-17(4)13(11)7-3/h5-10H2,1-4H3,(H,20,21). The van der Waals surface area contributed by atoms with Crippen molar-refractivity contribution in [2.24, 2.45) is 7.05 Å². The van der Waals surface area contributed by atoms with E-state index in [0.717, 1.165) is 36.2 Å². The molecule has 0 bridgehead atoms. The molecule has 1 rings (SSSR count). The molecular formula is C15H25N3O3. The van der Waals surface area contributed by atoms with Crippen molar-refractivity contribution in [1.82, 2.24) is 14.7 Å². The Labute approximate surface area is 125 Å². The molecule has 0 aromatic carbocycles. The van der Waals surface area contributed by atoms with Crippen LogP contribution in [0.3, 0.4) is 0 Å². The molecule has 6 heteroatoms. The predicted octanol–water partition coefficient (Wildman–Crippen LogP) is 1.41. The summed E-state index contributed by atoms with van der Waals surface area (Å²) < 4.78 is 1.82. The van der Waals surface area contributed by atoms with E-state index in [2.05, 4.69) is 5.10 Å². The molecule has 1 N–H and O–H groups in total. The lowest BCUT2D eigenvalue weighted by atomic mass is 10.0. The molecule has 1 amide bonds. The molecule has 0 atom stereocenters. The van der Waals surface area contributed by atoms with Gasteiger partial charge in [-0.1, -0.05) is 20.8 Å². The number of hydrogen-bond acceptors (Lipinski definition) is 3. The molecule has 0 spiro atoms. The average molecular weight is 295 g/mol. The minimum Gasteiger partial charge on any atom is -0.480 e. The topological polar surface area (TPSA) is 75.4 Å². The molecule has 0 fully saturated rings. The maximum absolute atomic E-state index is 12.4. The Morgan fingerprint density at radius 2 is 1.90 bits per heavy atom. The Bertz CT molecular complexity index is 509. The van der Waals surface area contributed by atoms with Crippen molar-refractivity contribution in [3.05, 3.63) is 17.0 Å². The molecule has 0 unspecified atom stereocenters. The molecule has 6 nitrogen and oxygen atoms in total. The van der Waals surface area contributed by atoms with Crippen molar-refractivity contribution in [3.63, 3.8) is 0 Å². The number of carbonyl (C=O) groups is 2. The van der Waals surface area contributed by atoms with Gasteiger partial charge in [-0.25, -0.2) is 0 Å². The second-order valence-electron chi connectivity index (χ2n) is 5.09. The van der Waals surface area contributed by atoms with E-state index in [1.54, 1.807) is 0 Å². The lowest BCUT2D eigenvalue weighted by Gasteiger charge is -2.20. The fraction of sp³-hybridized carbons (Fsp3) is 0.667. The van der Waals surface area contributed by atoms with Gasteiger partial charge in [0.2, 0.25) is 5.91 Å². The van der Waals surface area contributed by atoms with E-state index in [9.17, 15) is 9.59 Å². The first kappa shape index (κ1) is 17.2. The number of hydrogen-bond donors (Lipinski definition) is 1. The second-order valence-corrected chi connectivity index (χ2v) is 5.09. The summed E-state index contributed by atoms with van der Waals surface area (Å²) in [5.74, 6) is -1.12. The van der Waals surface area contributed by atoms with Crippen LogP contribution in [0, 0.1) is 0 Å². The number of aromatic nitrogens is 2. The molecule has 118 valence electrons. The highest BCUT2D eigenvalue weighted by Gasteiger charge is 2.21. The van der Waals surface area contributed by atoms with E-state index in [1.165, 1.54) is 4.90 Å². The van der Waals surface area contributed by atoms with Gasteiger partial charge >= 0.3 is 5.97 Å². The van der Waals surface area contributed by atoms with Crippen molar-refractivity contribution in [2.45, 2.75) is 46.5 Å². The van der Waals surface area contributed by atoms with Crippen LogP contribution in [-0.4, -0.2) is 44.8 Å². The van der Waals surface area contributed by atoms with Gasteiger partial charge in [-0.3, -0.25) is 14.3 Å². The van der Waals surface area contributed by atoms with Crippen LogP contribution in [0.2, 0.25) is 0 Å². The van der Waals surface area contributed by atoms with E-state index >= 15 is 0 Å². The summed E-state index contributed by atoms with van der Waals surface area (Å²) in [6.07, 6.45) is 2.54. The third-order valence-electron chi connectivity index (χ3n) is 3.53. The summed E-state index contributed by atoms with van der Waals surface area (Å²) in [6, 6.07) is 0. The van der Waals surface area contributed by atoms with Crippen LogP contribution in [0.5, 0.6) is 0 Å². The third kappa shape index (κ3) is 4.31. The lowest BCUT2D eigenvalue weighted by Crippen LogP contribution is -2.37. The van der Waals surface area contributed by atoms with E-state index < -0.39 is 5.97 Å². The number of carbonyl (C=O) groups excluding carboxylic acids is 1. The quantitative estimate of drug-likeness (QED) is 0.787. The zero-order valence-corrected chi connectivity index (χ0v) is 13.3. The summed E-state index contributed by atoms with van der Waals surface area (Å²) in [4.78, 5) is 24.7. The van der Waals surface area contributed by atoms with E-state index in [-0.39, 0.29) is 18.9 Å². The number of amides is 1. The first-order valence-electron chi connectivity index (χ1n) is 7.47. The van der Waals surface area contributed by atoms with Gasteiger partial charge in [0.1, 0.15) is 6.54 Å². The summed E-state index contributed by atoms with van der Waals surface area (Å²) in [5.41, 5.74) is 2.93. The van der Waals surface area contributed by atoms with Gasteiger partial charge in [-0.2, -0.15) is 5.10 Å². The van der Waals surface area contributed by atoms with E-state index in [0.29, 0.717) is 6.54 Å². The number of aryl methyl sites for hydroxylation is 2. The van der Waals surface area contributed by atoms with E-state index in [4.69, 9.17) is 5.11 Å². The maximum Gasteiger partial charge on any atom is 0.323 e. The van der Waals surface area contributed by atoms with Crippen molar-refractivity contribution in [2.75, 3.05) is 13.1 Å². The Hall–Kier alpha value is -1.85. The molecule has 0 radical (unpaired) electrons. The van der Waals surface area contributed by atoms with Gasteiger partial charge in [0, 0.05) is 24.8 Å². The molecule has 0 aliphatic heterocycles. The largest absolute Gasteiger partial charge is 0.480 e. The minimum atomic E-state index is -0.977. The molecule has 1 heterocycles. The fourth-order valence-corrected chi connectivity index (χ4v) is 2.58. The highest BCUT2D eigenvalue weighted by molar-refractivity contribution is 5.83. The van der Waals surface area contributed by atoms with Gasteiger partial charge in [0.05, 0.1) is 12.1 Å². The average Bonchev–Trinajstić information content (AvgIpc) is 2.73. The number of rotatable bonds is 8. The van der Waals surface area contributed by atoms with Crippen molar-refractivity contribution in [3.8, 4) is 0 Å². The second kappa shape index (κ2) is 7.81. The highest BCUT2D eigenvalue weighted by atomic mass is 16.4. The molecule has 1 aromatic heterocycles. The normalized spacial score (nSPS) is 10.7. The van der Waals surface area contributed by atoms with Crippen LogP contribution in [0.25, 0.3) is 0 Å². The molecule has 1 aromatic rings. The van der Waals surface area contributed by atoms with Gasteiger partial charge in [0.25, 0.3) is 0 Å². The molecule has 21 heavy (non-hydrogen) atoms. The first-order valence-corrected chi connectivity index (χ1v) is 7.47. The Balaban J connectivity index is 2.97. The van der Waals surface area contributed by atoms with Crippen LogP contribution in [0.4, 0.5) is 0 Å². The van der Waals surface area contributed by atoms with Crippen LogP contribution in [0.15, 0.2) is 0 Å². The van der Waals surface area contributed by atoms with Crippen LogP contribution < -0.4 is 0 Å². The lowest BCUT2D eigenvalue weighted by molar-refractivity contribution is -0.144. The zero-order chi connectivity index (χ0) is 16.0. The van der Waals surface area contributed by atoms with Crippen LogP contribution in [-0.2, 0) is 35.9 Å². The molecule has 0 saturated carbocycles. The molecule has 0 saturated heterocycles. The summed E-state index contributed by atoms with van der Waals surface area (Å²) >= 11 is 0.